The number of para-hydroxylation sites is 2. The summed E-state index contributed by atoms with van der Waals surface area (Å²) in [6.07, 6.45) is 0.625. The number of amides is 1. The summed E-state index contributed by atoms with van der Waals surface area (Å²) in [6.45, 7) is 2.03. The van der Waals surface area contributed by atoms with Crippen LogP contribution in [0.5, 0.6) is 0 Å². The van der Waals surface area contributed by atoms with Gasteiger partial charge in [-0.15, -0.1) is 0 Å². The van der Waals surface area contributed by atoms with Gasteiger partial charge in [0.15, 0.2) is 0 Å². The second-order valence-electron chi connectivity index (χ2n) is 8.09. The number of hydrogen-bond acceptors (Lipinski definition) is 2. The van der Waals surface area contributed by atoms with E-state index >= 15 is 0 Å². The van der Waals surface area contributed by atoms with Crippen LogP contribution in [0.25, 0.3) is 0 Å². The summed E-state index contributed by atoms with van der Waals surface area (Å²) in [7, 11) is 0. The van der Waals surface area contributed by atoms with Crippen molar-refractivity contribution in [1.29, 1.82) is 0 Å². The molecule has 0 bridgehead atoms. The fraction of sp³-hybridized carbons (Fsp3) is 0.103. The van der Waals surface area contributed by atoms with Gasteiger partial charge in [-0.05, 0) is 42.3 Å². The summed E-state index contributed by atoms with van der Waals surface area (Å²) in [4.78, 5) is 20.9. The molecule has 32 heavy (non-hydrogen) atoms. The lowest BCUT2D eigenvalue weighted by Gasteiger charge is -2.32. The molecule has 3 nitrogen and oxygen atoms in total. The second kappa shape index (κ2) is 8.64. The molecule has 0 aliphatic carbocycles. The molecule has 4 aromatic carbocycles. The Morgan fingerprint density at radius 2 is 1.41 bits per heavy atom. The Morgan fingerprint density at radius 3 is 2.12 bits per heavy atom. The molecule has 1 aliphatic heterocycles. The maximum absolute atomic E-state index is 13.9. The van der Waals surface area contributed by atoms with E-state index in [1.165, 1.54) is 0 Å². The van der Waals surface area contributed by atoms with Crippen LogP contribution in [-0.4, -0.2) is 11.6 Å². The average Bonchev–Trinajstić information content (AvgIpc) is 3.02. The van der Waals surface area contributed by atoms with Gasteiger partial charge in [0.05, 0.1) is 23.1 Å². The zero-order valence-electron chi connectivity index (χ0n) is 18.0. The maximum atomic E-state index is 13.9. The highest BCUT2D eigenvalue weighted by atomic mass is 16.2. The molecule has 3 heteroatoms. The van der Waals surface area contributed by atoms with Crippen molar-refractivity contribution in [1.82, 2.24) is 0 Å². The molecule has 0 aromatic heterocycles. The highest BCUT2D eigenvalue weighted by Crippen LogP contribution is 2.41. The van der Waals surface area contributed by atoms with Crippen LogP contribution in [0.1, 0.15) is 39.5 Å². The first kappa shape index (κ1) is 20.0. The Kier molecular flexibility index (Phi) is 5.39. The molecule has 1 amide bonds. The van der Waals surface area contributed by atoms with E-state index < -0.39 is 0 Å². The first-order chi connectivity index (χ1) is 15.7. The summed E-state index contributed by atoms with van der Waals surface area (Å²) in [5.74, 6) is -0.0178. The first-order valence-corrected chi connectivity index (χ1v) is 10.9. The van der Waals surface area contributed by atoms with Crippen molar-refractivity contribution < 1.29 is 4.79 Å². The molecule has 0 fully saturated rings. The molecule has 5 rings (SSSR count). The van der Waals surface area contributed by atoms with Gasteiger partial charge in [0.2, 0.25) is 0 Å². The number of nitrogens with zero attached hydrogens (tertiary/aromatic N) is 2. The number of benzene rings is 4. The van der Waals surface area contributed by atoms with Gasteiger partial charge in [0, 0.05) is 12.0 Å². The van der Waals surface area contributed by atoms with Crippen molar-refractivity contribution >= 4 is 23.0 Å². The molecule has 156 valence electrons. The zero-order chi connectivity index (χ0) is 21.9. The Labute approximate surface area is 188 Å². The van der Waals surface area contributed by atoms with Gasteiger partial charge in [0.1, 0.15) is 0 Å². The number of carbonyl (C=O) groups excluding carboxylic acids is 1. The number of anilines is 1. The van der Waals surface area contributed by atoms with Crippen LogP contribution >= 0.6 is 0 Å². The van der Waals surface area contributed by atoms with E-state index in [9.17, 15) is 4.79 Å². The molecular weight excluding hydrogens is 392 g/mol. The normalized spacial score (nSPS) is 15.5. The molecule has 0 saturated heterocycles. The van der Waals surface area contributed by atoms with Crippen molar-refractivity contribution in [3.05, 3.63) is 131 Å². The summed E-state index contributed by atoms with van der Waals surface area (Å²) < 4.78 is 0. The molecule has 1 heterocycles. The standard InChI is InChI=1S/C29H24N2O/c1-21-16-18-24(19-17-21)29(32)31-27-15-9-8-14-25(27)30-26(22-10-4-2-5-11-22)20-28(31)23-12-6-3-7-13-23/h2-19,28H,20H2,1H3/t28-/m0/s1. The number of rotatable bonds is 3. The lowest BCUT2D eigenvalue weighted by atomic mass is 9.95. The molecule has 0 saturated carbocycles. The van der Waals surface area contributed by atoms with E-state index in [0.717, 1.165) is 33.8 Å². The summed E-state index contributed by atoms with van der Waals surface area (Å²) in [5.41, 5.74) is 6.59. The van der Waals surface area contributed by atoms with Crippen molar-refractivity contribution in [3.63, 3.8) is 0 Å². The van der Waals surface area contributed by atoms with Gasteiger partial charge in [-0.25, -0.2) is 0 Å². The quantitative estimate of drug-likeness (QED) is 0.357. The Balaban J connectivity index is 1.69. The van der Waals surface area contributed by atoms with Crippen molar-refractivity contribution in [2.75, 3.05) is 4.90 Å². The molecule has 0 radical (unpaired) electrons. The Bertz CT molecular complexity index is 1260. The number of carbonyl (C=O) groups is 1. The van der Waals surface area contributed by atoms with Gasteiger partial charge in [-0.1, -0.05) is 90.5 Å². The molecule has 1 atom stereocenters. The van der Waals surface area contributed by atoms with Crippen LogP contribution in [0.3, 0.4) is 0 Å². The molecule has 1 aliphatic rings. The van der Waals surface area contributed by atoms with Crippen LogP contribution in [-0.2, 0) is 0 Å². The number of hydrogen-bond donors (Lipinski definition) is 0. The van der Waals surface area contributed by atoms with Gasteiger partial charge in [0.25, 0.3) is 5.91 Å². The smallest absolute Gasteiger partial charge is 0.258 e. The number of fused-ring (bicyclic) bond motifs is 1. The largest absolute Gasteiger partial charge is 0.298 e. The van der Waals surface area contributed by atoms with Crippen LogP contribution in [0.15, 0.2) is 114 Å². The summed E-state index contributed by atoms with van der Waals surface area (Å²) >= 11 is 0. The van der Waals surface area contributed by atoms with E-state index in [0.29, 0.717) is 12.0 Å². The van der Waals surface area contributed by atoms with E-state index in [4.69, 9.17) is 4.99 Å². The van der Waals surface area contributed by atoms with E-state index in [1.54, 1.807) is 0 Å². The topological polar surface area (TPSA) is 32.7 Å². The Hall–Kier alpha value is -3.98. The first-order valence-electron chi connectivity index (χ1n) is 10.9. The zero-order valence-corrected chi connectivity index (χ0v) is 18.0. The maximum Gasteiger partial charge on any atom is 0.258 e. The van der Waals surface area contributed by atoms with E-state index in [1.807, 2.05) is 96.8 Å². The lowest BCUT2D eigenvalue weighted by molar-refractivity contribution is 0.0977. The molecule has 0 unspecified atom stereocenters. The third-order valence-electron chi connectivity index (χ3n) is 5.90. The minimum absolute atomic E-state index is 0.0178. The van der Waals surface area contributed by atoms with Crippen molar-refractivity contribution in [2.45, 2.75) is 19.4 Å². The molecule has 4 aromatic rings. The fourth-order valence-electron chi connectivity index (χ4n) is 4.24. The summed E-state index contributed by atoms with van der Waals surface area (Å²) in [6, 6.07) is 36.0. The van der Waals surface area contributed by atoms with E-state index in [-0.39, 0.29) is 11.9 Å². The highest BCUT2D eigenvalue weighted by molar-refractivity contribution is 6.11. The monoisotopic (exact) mass is 416 g/mol. The third kappa shape index (κ3) is 3.85. The van der Waals surface area contributed by atoms with Gasteiger partial charge < -0.3 is 0 Å². The Morgan fingerprint density at radius 1 is 0.781 bits per heavy atom. The predicted octanol–water partition coefficient (Wildman–Crippen LogP) is 6.91. The third-order valence-corrected chi connectivity index (χ3v) is 5.90. The number of aliphatic imine (C=N–C) groups is 1. The van der Waals surface area contributed by atoms with Crippen LogP contribution in [0, 0.1) is 6.92 Å². The van der Waals surface area contributed by atoms with Crippen LogP contribution in [0.2, 0.25) is 0 Å². The van der Waals surface area contributed by atoms with Crippen molar-refractivity contribution in [3.8, 4) is 0 Å². The molecular formula is C29H24N2O. The fourth-order valence-corrected chi connectivity index (χ4v) is 4.24. The molecule has 0 spiro atoms. The van der Waals surface area contributed by atoms with Crippen LogP contribution in [0.4, 0.5) is 11.4 Å². The van der Waals surface area contributed by atoms with Crippen LogP contribution < -0.4 is 4.90 Å². The SMILES string of the molecule is Cc1ccc(C(=O)N2c3ccccc3N=C(c3ccccc3)C[C@H]2c2ccccc2)cc1. The van der Waals surface area contributed by atoms with Crippen molar-refractivity contribution in [2.24, 2.45) is 4.99 Å². The summed E-state index contributed by atoms with van der Waals surface area (Å²) in [5, 5.41) is 0. The lowest BCUT2D eigenvalue weighted by Crippen LogP contribution is -2.35. The number of aryl methyl sites for hydroxylation is 1. The second-order valence-corrected chi connectivity index (χ2v) is 8.09. The molecule has 0 N–H and O–H groups in total. The van der Waals surface area contributed by atoms with Gasteiger partial charge in [-0.2, -0.15) is 0 Å². The minimum atomic E-state index is -0.174. The van der Waals surface area contributed by atoms with Gasteiger partial charge in [-0.3, -0.25) is 14.7 Å². The van der Waals surface area contributed by atoms with E-state index in [2.05, 4.69) is 24.3 Å². The highest BCUT2D eigenvalue weighted by Gasteiger charge is 2.33. The average molecular weight is 417 g/mol. The predicted molar refractivity (Wildman–Crippen MR) is 131 cm³/mol. The van der Waals surface area contributed by atoms with Gasteiger partial charge >= 0.3 is 0 Å². The minimum Gasteiger partial charge on any atom is -0.298 e.